The van der Waals surface area contributed by atoms with Crippen LogP contribution in [0.2, 0.25) is 0 Å². The van der Waals surface area contributed by atoms with Gasteiger partial charge in [0.2, 0.25) is 6.79 Å². The van der Waals surface area contributed by atoms with Crippen molar-refractivity contribution < 1.29 is 24.1 Å². The van der Waals surface area contributed by atoms with E-state index in [0.717, 1.165) is 23.4 Å². The summed E-state index contributed by atoms with van der Waals surface area (Å²) in [7, 11) is 1.62. The third kappa shape index (κ3) is 3.10. The lowest BCUT2D eigenvalue weighted by molar-refractivity contribution is -0.143. The molecule has 0 radical (unpaired) electrons. The Morgan fingerprint density at radius 1 is 1.15 bits per heavy atom. The normalized spacial score (nSPS) is 24.1. The van der Waals surface area contributed by atoms with Gasteiger partial charge in [0.15, 0.2) is 11.5 Å². The molecule has 1 fully saturated rings. The van der Waals surface area contributed by atoms with Crippen LogP contribution in [-0.2, 0) is 4.79 Å². The number of carbonyl (C=O) groups is 1. The average Bonchev–Trinajstić information content (AvgIpc) is 3.31. The Hall–Kier alpha value is -2.73. The number of hydrogen-bond donors (Lipinski definition) is 1. The minimum atomic E-state index is -0.783. The van der Waals surface area contributed by atoms with Crippen molar-refractivity contribution >= 4 is 5.97 Å². The molecule has 0 unspecified atom stereocenters. The van der Waals surface area contributed by atoms with Crippen molar-refractivity contribution in [2.75, 3.05) is 27.0 Å². The van der Waals surface area contributed by atoms with E-state index in [1.54, 1.807) is 7.11 Å². The fourth-order valence-corrected chi connectivity index (χ4v) is 4.24. The van der Waals surface area contributed by atoms with Crippen LogP contribution in [0.25, 0.3) is 0 Å². The van der Waals surface area contributed by atoms with E-state index in [1.807, 2.05) is 42.5 Å². The number of likely N-dealkylation sites (tertiary alicyclic amines) is 1. The van der Waals surface area contributed by atoms with Gasteiger partial charge in [-0.05, 0) is 41.9 Å². The summed E-state index contributed by atoms with van der Waals surface area (Å²) in [4.78, 5) is 14.5. The van der Waals surface area contributed by atoms with Gasteiger partial charge < -0.3 is 19.3 Å². The minimum absolute atomic E-state index is 0.121. The maximum atomic E-state index is 12.3. The van der Waals surface area contributed by atoms with Crippen molar-refractivity contribution in [3.63, 3.8) is 0 Å². The van der Waals surface area contributed by atoms with E-state index >= 15 is 0 Å². The van der Waals surface area contributed by atoms with Gasteiger partial charge >= 0.3 is 5.97 Å². The second-order valence-corrected chi connectivity index (χ2v) is 6.89. The quantitative estimate of drug-likeness (QED) is 0.872. The molecule has 0 bridgehead atoms. The number of carboxylic acids is 1. The maximum Gasteiger partial charge on any atom is 0.309 e. The van der Waals surface area contributed by atoms with Crippen LogP contribution in [0.1, 0.15) is 30.0 Å². The van der Waals surface area contributed by atoms with Gasteiger partial charge in [-0.3, -0.25) is 9.69 Å². The maximum absolute atomic E-state index is 12.3. The van der Waals surface area contributed by atoms with E-state index in [1.165, 1.54) is 0 Å². The van der Waals surface area contributed by atoms with Crippen LogP contribution in [0.4, 0.5) is 0 Å². The van der Waals surface area contributed by atoms with Crippen molar-refractivity contribution in [2.45, 2.75) is 18.9 Å². The number of ether oxygens (including phenoxy) is 3. The smallest absolute Gasteiger partial charge is 0.309 e. The second-order valence-electron chi connectivity index (χ2n) is 6.89. The number of rotatable bonds is 5. The Labute approximate surface area is 158 Å². The molecule has 4 rings (SSSR count). The van der Waals surface area contributed by atoms with Gasteiger partial charge in [-0.1, -0.05) is 25.1 Å². The molecule has 2 heterocycles. The molecule has 3 atom stereocenters. The Balaban J connectivity index is 1.71. The predicted molar refractivity (Wildman–Crippen MR) is 99.4 cm³/mol. The largest absolute Gasteiger partial charge is 0.497 e. The number of carboxylic acid groups (broad SMARTS) is 1. The Morgan fingerprint density at radius 3 is 2.52 bits per heavy atom. The lowest BCUT2D eigenvalue weighted by Crippen LogP contribution is -2.28. The first-order valence-electron chi connectivity index (χ1n) is 9.12. The summed E-state index contributed by atoms with van der Waals surface area (Å²) in [6, 6.07) is 13.3. The lowest BCUT2D eigenvalue weighted by atomic mass is 9.83. The highest BCUT2D eigenvalue weighted by molar-refractivity contribution is 5.74. The van der Waals surface area contributed by atoms with Gasteiger partial charge in [0.25, 0.3) is 0 Å². The van der Waals surface area contributed by atoms with Crippen LogP contribution in [0.15, 0.2) is 42.5 Å². The fraction of sp³-hybridized carbons (Fsp3) is 0.381. The number of aliphatic carboxylic acids is 1. The molecule has 2 aromatic rings. The highest BCUT2D eigenvalue weighted by Crippen LogP contribution is 2.47. The van der Waals surface area contributed by atoms with E-state index in [9.17, 15) is 9.90 Å². The number of methoxy groups -OCH3 is 1. The highest BCUT2D eigenvalue weighted by Gasteiger charge is 2.47. The van der Waals surface area contributed by atoms with Crippen molar-refractivity contribution in [1.82, 2.24) is 4.90 Å². The first-order chi connectivity index (χ1) is 13.1. The van der Waals surface area contributed by atoms with E-state index in [0.29, 0.717) is 18.0 Å². The molecule has 142 valence electrons. The van der Waals surface area contributed by atoms with Crippen LogP contribution in [0.3, 0.4) is 0 Å². The van der Waals surface area contributed by atoms with Crippen LogP contribution in [0, 0.1) is 5.92 Å². The molecule has 0 aliphatic carbocycles. The molecule has 27 heavy (non-hydrogen) atoms. The molecular weight excluding hydrogens is 346 g/mol. The Bertz CT molecular complexity index is 835. The summed E-state index contributed by atoms with van der Waals surface area (Å²) in [5, 5.41) is 10.1. The molecule has 1 N–H and O–H groups in total. The monoisotopic (exact) mass is 369 g/mol. The number of nitrogens with zero attached hydrogens (tertiary/aromatic N) is 1. The van der Waals surface area contributed by atoms with Gasteiger partial charge in [0.05, 0.1) is 13.0 Å². The van der Waals surface area contributed by atoms with E-state index in [2.05, 4.69) is 11.8 Å². The highest BCUT2D eigenvalue weighted by atomic mass is 16.7. The van der Waals surface area contributed by atoms with Gasteiger partial charge in [-0.2, -0.15) is 0 Å². The fourth-order valence-electron chi connectivity index (χ4n) is 4.24. The summed E-state index contributed by atoms with van der Waals surface area (Å²) < 4.78 is 16.1. The zero-order chi connectivity index (χ0) is 19.0. The number of fused-ring (bicyclic) bond motifs is 1. The summed E-state index contributed by atoms with van der Waals surface area (Å²) in [5.41, 5.74) is 1.97. The van der Waals surface area contributed by atoms with Crippen molar-refractivity contribution in [3.8, 4) is 17.2 Å². The zero-order valence-electron chi connectivity index (χ0n) is 15.4. The van der Waals surface area contributed by atoms with Gasteiger partial charge in [-0.15, -0.1) is 0 Å². The third-order valence-corrected chi connectivity index (χ3v) is 5.57. The van der Waals surface area contributed by atoms with Gasteiger partial charge in [0.1, 0.15) is 5.75 Å². The number of hydrogen-bond acceptors (Lipinski definition) is 5. The Kier molecular flexibility index (Phi) is 4.66. The molecule has 0 amide bonds. The summed E-state index contributed by atoms with van der Waals surface area (Å²) in [6.07, 6.45) is 0. The first kappa shape index (κ1) is 17.7. The molecule has 1 saturated heterocycles. The molecule has 2 aliphatic heterocycles. The summed E-state index contributed by atoms with van der Waals surface area (Å²) in [5.74, 6) is 0.714. The molecule has 2 aromatic carbocycles. The van der Waals surface area contributed by atoms with Crippen LogP contribution >= 0.6 is 0 Å². The van der Waals surface area contributed by atoms with Gasteiger partial charge in [-0.25, -0.2) is 0 Å². The molecule has 0 spiro atoms. The van der Waals surface area contributed by atoms with Crippen LogP contribution in [0.5, 0.6) is 17.2 Å². The molecule has 2 aliphatic rings. The van der Waals surface area contributed by atoms with Crippen molar-refractivity contribution in [3.05, 3.63) is 53.6 Å². The van der Waals surface area contributed by atoms with Gasteiger partial charge in [0, 0.05) is 18.5 Å². The summed E-state index contributed by atoms with van der Waals surface area (Å²) >= 11 is 0. The third-order valence-electron chi connectivity index (χ3n) is 5.57. The molecular formula is C21H23NO5. The standard InChI is InChI=1S/C21H23NO5/c1-3-22-11-16(14-6-9-17-18(10-14)27-12-26-17)19(21(23)24)20(22)13-4-7-15(25-2)8-5-13/h4-10,16,19-20H,3,11-12H2,1-2H3,(H,23,24)/t16-,19-,20-/m1/s1. The predicted octanol–water partition coefficient (Wildman–Crippen LogP) is 3.29. The lowest BCUT2D eigenvalue weighted by Gasteiger charge is -2.26. The zero-order valence-corrected chi connectivity index (χ0v) is 15.4. The van der Waals surface area contributed by atoms with E-state index in [4.69, 9.17) is 14.2 Å². The second kappa shape index (κ2) is 7.12. The minimum Gasteiger partial charge on any atom is -0.497 e. The topological polar surface area (TPSA) is 68.2 Å². The molecule has 6 nitrogen and oxygen atoms in total. The Morgan fingerprint density at radius 2 is 1.85 bits per heavy atom. The molecule has 0 aromatic heterocycles. The number of likely N-dealkylation sites (N-methyl/N-ethyl adjacent to an activating group) is 1. The average molecular weight is 369 g/mol. The molecule has 6 heteroatoms. The SMILES string of the molecule is CCN1C[C@H](c2ccc3c(c2)OCO3)[C@@H](C(=O)O)[C@H]1c1ccc(OC)cc1. The van der Waals surface area contributed by atoms with Crippen LogP contribution < -0.4 is 14.2 Å². The van der Waals surface area contributed by atoms with Crippen molar-refractivity contribution in [1.29, 1.82) is 0 Å². The summed E-state index contributed by atoms with van der Waals surface area (Å²) in [6.45, 7) is 3.74. The van der Waals surface area contributed by atoms with Crippen LogP contribution in [-0.4, -0.2) is 43.0 Å². The van der Waals surface area contributed by atoms with E-state index in [-0.39, 0.29) is 18.8 Å². The first-order valence-corrected chi connectivity index (χ1v) is 9.12. The number of benzene rings is 2. The van der Waals surface area contributed by atoms with E-state index < -0.39 is 11.9 Å². The molecule has 0 saturated carbocycles. The van der Waals surface area contributed by atoms with Crippen molar-refractivity contribution in [2.24, 2.45) is 5.92 Å².